The lowest BCUT2D eigenvalue weighted by molar-refractivity contribution is 0.345. The standard InChI is InChI=1S/C16H26ClN/c1-16(2,3)11-5-6-15(18-4)12-13-7-9-14(17)10-8-13/h7-10,15,18H,5-6,11-12H2,1-4H3. The third-order valence-electron chi connectivity index (χ3n) is 3.28. The van der Waals surface area contributed by atoms with Gasteiger partial charge >= 0.3 is 0 Å². The molecule has 0 bridgehead atoms. The van der Waals surface area contributed by atoms with E-state index in [9.17, 15) is 0 Å². The van der Waals surface area contributed by atoms with E-state index in [0.29, 0.717) is 11.5 Å². The summed E-state index contributed by atoms with van der Waals surface area (Å²) in [4.78, 5) is 0. The minimum absolute atomic E-state index is 0.443. The van der Waals surface area contributed by atoms with E-state index < -0.39 is 0 Å². The molecule has 0 saturated carbocycles. The molecule has 102 valence electrons. The Kier molecular flexibility index (Phi) is 6.17. The monoisotopic (exact) mass is 267 g/mol. The van der Waals surface area contributed by atoms with Gasteiger partial charge in [-0.25, -0.2) is 0 Å². The number of rotatable bonds is 6. The van der Waals surface area contributed by atoms with Crippen molar-refractivity contribution < 1.29 is 0 Å². The van der Waals surface area contributed by atoms with Crippen LogP contribution >= 0.6 is 11.6 Å². The quantitative estimate of drug-likeness (QED) is 0.789. The Labute approximate surface area is 117 Å². The number of halogens is 1. The van der Waals surface area contributed by atoms with Gasteiger partial charge in [-0.1, -0.05) is 50.9 Å². The van der Waals surface area contributed by atoms with Crippen LogP contribution < -0.4 is 5.32 Å². The molecule has 1 nitrogen and oxygen atoms in total. The van der Waals surface area contributed by atoms with E-state index in [1.807, 2.05) is 12.1 Å². The van der Waals surface area contributed by atoms with Crippen molar-refractivity contribution in [3.8, 4) is 0 Å². The van der Waals surface area contributed by atoms with E-state index in [-0.39, 0.29) is 0 Å². The van der Waals surface area contributed by atoms with Crippen LogP contribution in [0.25, 0.3) is 0 Å². The Balaban J connectivity index is 2.40. The summed E-state index contributed by atoms with van der Waals surface area (Å²) in [5.41, 5.74) is 1.80. The Hall–Kier alpha value is -0.530. The third-order valence-corrected chi connectivity index (χ3v) is 3.53. The topological polar surface area (TPSA) is 12.0 Å². The molecule has 0 fully saturated rings. The maximum absolute atomic E-state index is 5.90. The van der Waals surface area contributed by atoms with E-state index in [2.05, 4.69) is 45.3 Å². The van der Waals surface area contributed by atoms with E-state index >= 15 is 0 Å². The molecule has 0 amide bonds. The SMILES string of the molecule is CNC(CCCC(C)(C)C)Cc1ccc(Cl)cc1. The molecule has 0 aliphatic heterocycles. The predicted molar refractivity (Wildman–Crippen MR) is 81.3 cm³/mol. The minimum Gasteiger partial charge on any atom is -0.317 e. The lowest BCUT2D eigenvalue weighted by Crippen LogP contribution is -2.27. The van der Waals surface area contributed by atoms with Gasteiger partial charge < -0.3 is 5.32 Å². The van der Waals surface area contributed by atoms with Crippen molar-refractivity contribution in [3.05, 3.63) is 34.9 Å². The zero-order valence-corrected chi connectivity index (χ0v) is 12.8. The molecule has 1 N–H and O–H groups in total. The van der Waals surface area contributed by atoms with E-state index in [0.717, 1.165) is 11.4 Å². The van der Waals surface area contributed by atoms with Crippen LogP contribution in [0.3, 0.4) is 0 Å². The van der Waals surface area contributed by atoms with Gasteiger partial charge in [0.25, 0.3) is 0 Å². The highest BCUT2D eigenvalue weighted by atomic mass is 35.5. The fourth-order valence-electron chi connectivity index (χ4n) is 2.13. The molecule has 0 aliphatic rings. The number of hydrogen-bond acceptors (Lipinski definition) is 1. The second-order valence-corrected chi connectivity index (χ2v) is 6.71. The summed E-state index contributed by atoms with van der Waals surface area (Å²) in [5.74, 6) is 0. The van der Waals surface area contributed by atoms with Gasteiger partial charge in [-0.05, 0) is 49.4 Å². The van der Waals surface area contributed by atoms with Crippen LogP contribution in [0.1, 0.15) is 45.6 Å². The first kappa shape index (κ1) is 15.5. The normalized spacial score (nSPS) is 13.6. The van der Waals surface area contributed by atoms with Crippen molar-refractivity contribution in [1.29, 1.82) is 0 Å². The molecular formula is C16H26ClN. The number of nitrogens with one attached hydrogen (secondary N) is 1. The van der Waals surface area contributed by atoms with Crippen molar-refractivity contribution in [3.63, 3.8) is 0 Å². The number of benzene rings is 1. The summed E-state index contributed by atoms with van der Waals surface area (Å²) in [5, 5.41) is 4.23. The van der Waals surface area contributed by atoms with Gasteiger partial charge in [-0.15, -0.1) is 0 Å². The van der Waals surface area contributed by atoms with Crippen LogP contribution in [0.15, 0.2) is 24.3 Å². The zero-order valence-electron chi connectivity index (χ0n) is 12.1. The van der Waals surface area contributed by atoms with Gasteiger partial charge in [0.05, 0.1) is 0 Å². The average molecular weight is 268 g/mol. The molecule has 1 atom stereocenters. The molecule has 1 rings (SSSR count). The first-order chi connectivity index (χ1) is 8.40. The van der Waals surface area contributed by atoms with Crippen LogP contribution in [0.2, 0.25) is 5.02 Å². The van der Waals surface area contributed by atoms with Crippen LogP contribution in [0.4, 0.5) is 0 Å². The first-order valence-corrected chi connectivity index (χ1v) is 7.20. The molecule has 0 heterocycles. The number of likely N-dealkylation sites (N-methyl/N-ethyl adjacent to an activating group) is 1. The molecule has 0 aromatic heterocycles. The van der Waals surface area contributed by atoms with Gasteiger partial charge in [0.15, 0.2) is 0 Å². The van der Waals surface area contributed by atoms with Crippen molar-refractivity contribution >= 4 is 11.6 Å². The highest BCUT2D eigenvalue weighted by Gasteiger charge is 2.12. The fraction of sp³-hybridized carbons (Fsp3) is 0.625. The molecule has 0 saturated heterocycles. The lowest BCUT2D eigenvalue weighted by atomic mass is 9.88. The fourth-order valence-corrected chi connectivity index (χ4v) is 2.26. The third kappa shape index (κ3) is 6.42. The Bertz CT molecular complexity index is 337. The highest BCUT2D eigenvalue weighted by molar-refractivity contribution is 6.30. The number of hydrogen-bond donors (Lipinski definition) is 1. The van der Waals surface area contributed by atoms with Crippen molar-refractivity contribution in [1.82, 2.24) is 5.32 Å². The molecule has 1 unspecified atom stereocenters. The summed E-state index contributed by atoms with van der Waals surface area (Å²) < 4.78 is 0. The van der Waals surface area contributed by atoms with E-state index in [4.69, 9.17) is 11.6 Å². The second-order valence-electron chi connectivity index (χ2n) is 6.27. The van der Waals surface area contributed by atoms with Gasteiger partial charge in [-0.2, -0.15) is 0 Å². The lowest BCUT2D eigenvalue weighted by Gasteiger charge is -2.21. The zero-order chi connectivity index (χ0) is 13.6. The van der Waals surface area contributed by atoms with Crippen molar-refractivity contribution in [2.75, 3.05) is 7.05 Å². The molecule has 0 spiro atoms. The van der Waals surface area contributed by atoms with Gasteiger partial charge in [0.2, 0.25) is 0 Å². The summed E-state index contributed by atoms with van der Waals surface area (Å²) in [6.45, 7) is 6.92. The second kappa shape index (κ2) is 7.16. The Morgan fingerprint density at radius 2 is 1.78 bits per heavy atom. The maximum atomic E-state index is 5.90. The summed E-state index contributed by atoms with van der Waals surface area (Å²) in [6.07, 6.45) is 4.88. The smallest absolute Gasteiger partial charge is 0.0406 e. The van der Waals surface area contributed by atoms with Crippen molar-refractivity contribution in [2.24, 2.45) is 5.41 Å². The van der Waals surface area contributed by atoms with Gasteiger partial charge in [-0.3, -0.25) is 0 Å². The van der Waals surface area contributed by atoms with Crippen LogP contribution in [-0.4, -0.2) is 13.1 Å². The van der Waals surface area contributed by atoms with Gasteiger partial charge in [0, 0.05) is 11.1 Å². The van der Waals surface area contributed by atoms with Crippen LogP contribution in [0.5, 0.6) is 0 Å². The van der Waals surface area contributed by atoms with E-state index in [1.165, 1.54) is 24.8 Å². The summed E-state index contributed by atoms with van der Waals surface area (Å²) >= 11 is 5.90. The molecule has 1 aromatic carbocycles. The highest BCUT2D eigenvalue weighted by Crippen LogP contribution is 2.22. The van der Waals surface area contributed by atoms with Crippen LogP contribution in [-0.2, 0) is 6.42 Å². The molecule has 0 radical (unpaired) electrons. The molecule has 0 aliphatic carbocycles. The average Bonchev–Trinajstić information content (AvgIpc) is 2.29. The first-order valence-electron chi connectivity index (χ1n) is 6.82. The molecule has 2 heteroatoms. The molecule has 18 heavy (non-hydrogen) atoms. The largest absolute Gasteiger partial charge is 0.317 e. The molecule has 1 aromatic rings. The summed E-state index contributed by atoms with van der Waals surface area (Å²) in [6, 6.07) is 8.75. The predicted octanol–water partition coefficient (Wildman–Crippen LogP) is 4.69. The van der Waals surface area contributed by atoms with Crippen molar-refractivity contribution in [2.45, 2.75) is 52.5 Å². The molecular weight excluding hydrogens is 242 g/mol. The maximum Gasteiger partial charge on any atom is 0.0406 e. The Morgan fingerprint density at radius 3 is 2.28 bits per heavy atom. The van der Waals surface area contributed by atoms with Crippen LogP contribution in [0, 0.1) is 5.41 Å². The summed E-state index contributed by atoms with van der Waals surface area (Å²) in [7, 11) is 2.05. The minimum atomic E-state index is 0.443. The van der Waals surface area contributed by atoms with E-state index in [1.54, 1.807) is 0 Å². The van der Waals surface area contributed by atoms with Gasteiger partial charge in [0.1, 0.15) is 0 Å². The Morgan fingerprint density at radius 1 is 1.17 bits per heavy atom.